The maximum absolute atomic E-state index is 13.2. The third kappa shape index (κ3) is 5.15. The molecular weight excluding hydrogens is 528 g/mol. The van der Waals surface area contributed by atoms with E-state index >= 15 is 0 Å². The molecule has 1 saturated carbocycles. The molecule has 5 nitrogen and oxygen atoms in total. The summed E-state index contributed by atoms with van der Waals surface area (Å²) < 4.78 is 23.1. The Kier molecular flexibility index (Phi) is 7.84. The minimum Gasteiger partial charge on any atom is -0.493 e. The Balaban J connectivity index is 1.95. The number of allylic oxidation sites excluding steroid dienone is 2. The second kappa shape index (κ2) is 10.4. The van der Waals surface area contributed by atoms with Gasteiger partial charge in [-0.15, -0.1) is 0 Å². The third-order valence-corrected chi connectivity index (χ3v) is 6.25. The Labute approximate surface area is 199 Å². The van der Waals surface area contributed by atoms with Gasteiger partial charge in [0.25, 0.3) is 0 Å². The predicted octanol–water partition coefficient (Wildman–Crippen LogP) is 6.47. The predicted molar refractivity (Wildman–Crippen MR) is 129 cm³/mol. The molecule has 1 fully saturated rings. The Morgan fingerprint density at radius 1 is 0.710 bits per heavy atom. The molecule has 0 aromatic heterocycles. The van der Waals surface area contributed by atoms with Crippen LogP contribution in [0, 0.1) is 0 Å². The molecular formula is C24H24Br2O5. The molecule has 2 aromatic carbocycles. The van der Waals surface area contributed by atoms with Gasteiger partial charge in [0.1, 0.15) is 0 Å². The number of methoxy groups -OCH3 is 4. The highest BCUT2D eigenvalue weighted by atomic mass is 79.9. The second-order valence-corrected chi connectivity index (χ2v) is 8.71. The molecule has 0 N–H and O–H groups in total. The number of carbonyl (C=O) groups is 1. The zero-order chi connectivity index (χ0) is 22.5. The van der Waals surface area contributed by atoms with Crippen LogP contribution in [0.15, 0.2) is 44.4 Å². The standard InChI is InChI=1S/C24H24Br2O5/c1-28-20-12-14(10-18(25)23(20)30-3)8-16-6-5-7-17(22(16)27)9-15-11-19(26)24(31-4)21(13-15)29-2/h8-13H,5-7H2,1-4H3/b16-8-,17-9+. The fourth-order valence-corrected chi connectivity index (χ4v) is 4.87. The zero-order valence-electron chi connectivity index (χ0n) is 17.9. The minimum absolute atomic E-state index is 0.0584. The molecule has 3 rings (SSSR count). The van der Waals surface area contributed by atoms with Crippen molar-refractivity contribution in [3.05, 3.63) is 55.5 Å². The Hall–Kier alpha value is -2.25. The number of halogens is 2. The molecule has 0 unspecified atom stereocenters. The van der Waals surface area contributed by atoms with E-state index in [9.17, 15) is 4.79 Å². The average Bonchev–Trinajstić information content (AvgIpc) is 2.75. The highest BCUT2D eigenvalue weighted by Crippen LogP contribution is 2.39. The van der Waals surface area contributed by atoms with Crippen molar-refractivity contribution in [2.45, 2.75) is 19.3 Å². The van der Waals surface area contributed by atoms with Gasteiger partial charge in [0.15, 0.2) is 28.8 Å². The summed E-state index contributed by atoms with van der Waals surface area (Å²) in [5, 5.41) is 0. The van der Waals surface area contributed by atoms with Crippen molar-refractivity contribution in [2.75, 3.05) is 28.4 Å². The van der Waals surface area contributed by atoms with Crippen molar-refractivity contribution < 1.29 is 23.7 Å². The molecule has 0 atom stereocenters. The highest BCUT2D eigenvalue weighted by molar-refractivity contribution is 9.11. The molecule has 0 spiro atoms. The van der Waals surface area contributed by atoms with Gasteiger partial charge in [0, 0.05) is 11.1 Å². The summed E-state index contributed by atoms with van der Waals surface area (Å²) in [5.74, 6) is 2.53. The number of ketones is 1. The molecule has 7 heteroatoms. The van der Waals surface area contributed by atoms with Crippen LogP contribution in [0.2, 0.25) is 0 Å². The first kappa shape index (κ1) is 23.4. The van der Waals surface area contributed by atoms with E-state index < -0.39 is 0 Å². The van der Waals surface area contributed by atoms with Crippen molar-refractivity contribution in [2.24, 2.45) is 0 Å². The second-order valence-electron chi connectivity index (χ2n) is 7.00. The number of hydrogen-bond donors (Lipinski definition) is 0. The van der Waals surface area contributed by atoms with Crippen molar-refractivity contribution >= 4 is 49.8 Å². The van der Waals surface area contributed by atoms with Gasteiger partial charge in [0.05, 0.1) is 37.4 Å². The Morgan fingerprint density at radius 2 is 1.13 bits per heavy atom. The van der Waals surface area contributed by atoms with Crippen LogP contribution in [0.3, 0.4) is 0 Å². The van der Waals surface area contributed by atoms with Crippen molar-refractivity contribution in [3.63, 3.8) is 0 Å². The monoisotopic (exact) mass is 550 g/mol. The van der Waals surface area contributed by atoms with Crippen molar-refractivity contribution in [1.82, 2.24) is 0 Å². The topological polar surface area (TPSA) is 54.0 Å². The zero-order valence-corrected chi connectivity index (χ0v) is 21.1. The van der Waals surface area contributed by atoms with Gasteiger partial charge < -0.3 is 18.9 Å². The molecule has 0 saturated heterocycles. The summed E-state index contributed by atoms with van der Waals surface area (Å²) in [6.45, 7) is 0. The molecule has 0 aliphatic heterocycles. The van der Waals surface area contributed by atoms with Gasteiger partial charge in [-0.05, 0) is 98.7 Å². The van der Waals surface area contributed by atoms with E-state index in [4.69, 9.17) is 18.9 Å². The number of hydrogen-bond acceptors (Lipinski definition) is 5. The fourth-order valence-electron chi connectivity index (χ4n) is 3.62. The van der Waals surface area contributed by atoms with E-state index in [1.165, 1.54) is 0 Å². The lowest BCUT2D eigenvalue weighted by atomic mass is 9.87. The number of Topliss-reactive ketones (excluding diaryl/α,β-unsaturated/α-hetero) is 1. The van der Waals surface area contributed by atoms with E-state index in [0.717, 1.165) is 50.5 Å². The maximum atomic E-state index is 13.2. The smallest absolute Gasteiger partial charge is 0.185 e. The molecule has 164 valence electrons. The lowest BCUT2D eigenvalue weighted by molar-refractivity contribution is -0.112. The van der Waals surface area contributed by atoms with Crippen LogP contribution in [0.5, 0.6) is 23.0 Å². The first-order valence-corrected chi connectivity index (χ1v) is 11.3. The van der Waals surface area contributed by atoms with Crippen LogP contribution in [0.1, 0.15) is 30.4 Å². The summed E-state index contributed by atoms with van der Waals surface area (Å²) in [7, 11) is 6.37. The van der Waals surface area contributed by atoms with Crippen LogP contribution in [0.4, 0.5) is 0 Å². The summed E-state index contributed by atoms with van der Waals surface area (Å²) in [6.07, 6.45) is 6.22. The van der Waals surface area contributed by atoms with Gasteiger partial charge in [-0.2, -0.15) is 0 Å². The number of ether oxygens (including phenoxy) is 4. The van der Waals surface area contributed by atoms with Crippen molar-refractivity contribution in [1.29, 1.82) is 0 Å². The number of carbonyl (C=O) groups excluding carboxylic acids is 1. The average molecular weight is 552 g/mol. The molecule has 1 aliphatic rings. The fraction of sp³-hybridized carbons (Fsp3) is 0.292. The van der Waals surface area contributed by atoms with E-state index in [0.29, 0.717) is 23.0 Å². The van der Waals surface area contributed by atoms with Gasteiger partial charge in [0.2, 0.25) is 0 Å². The molecule has 0 amide bonds. The van der Waals surface area contributed by atoms with E-state index in [1.807, 2.05) is 36.4 Å². The molecule has 0 heterocycles. The van der Waals surface area contributed by atoms with Crippen molar-refractivity contribution in [3.8, 4) is 23.0 Å². The van der Waals surface area contributed by atoms with Gasteiger partial charge in [-0.25, -0.2) is 0 Å². The largest absolute Gasteiger partial charge is 0.493 e. The SMILES string of the molecule is COc1cc(/C=C2/CCC/C(=C\c3cc(Br)c(OC)c(OC)c3)C2=O)cc(Br)c1OC. The Bertz CT molecular complexity index is 975. The summed E-state index contributed by atoms with van der Waals surface area (Å²) >= 11 is 7.02. The molecule has 0 radical (unpaired) electrons. The normalized spacial score (nSPS) is 16.5. The number of rotatable bonds is 6. The third-order valence-electron chi connectivity index (χ3n) is 5.07. The van der Waals surface area contributed by atoms with E-state index in [2.05, 4.69) is 31.9 Å². The van der Waals surface area contributed by atoms with Crippen LogP contribution >= 0.6 is 31.9 Å². The molecule has 31 heavy (non-hydrogen) atoms. The van der Waals surface area contributed by atoms with Crippen LogP contribution in [0.25, 0.3) is 12.2 Å². The lowest BCUT2D eigenvalue weighted by Gasteiger charge is -2.18. The molecule has 1 aliphatic carbocycles. The molecule has 0 bridgehead atoms. The van der Waals surface area contributed by atoms with Gasteiger partial charge in [-0.1, -0.05) is 0 Å². The van der Waals surface area contributed by atoms with Gasteiger partial charge in [-0.3, -0.25) is 4.79 Å². The number of benzene rings is 2. The Morgan fingerprint density at radius 3 is 1.48 bits per heavy atom. The maximum Gasteiger partial charge on any atom is 0.185 e. The van der Waals surface area contributed by atoms with Crippen LogP contribution < -0.4 is 18.9 Å². The van der Waals surface area contributed by atoms with Crippen LogP contribution in [-0.2, 0) is 4.79 Å². The molecule has 2 aromatic rings. The van der Waals surface area contributed by atoms with E-state index in [-0.39, 0.29) is 5.78 Å². The first-order valence-electron chi connectivity index (χ1n) is 9.70. The summed E-state index contributed by atoms with van der Waals surface area (Å²) in [6, 6.07) is 7.58. The summed E-state index contributed by atoms with van der Waals surface area (Å²) in [5.41, 5.74) is 3.30. The van der Waals surface area contributed by atoms with Crippen LogP contribution in [-0.4, -0.2) is 34.2 Å². The minimum atomic E-state index is 0.0584. The summed E-state index contributed by atoms with van der Waals surface area (Å²) in [4.78, 5) is 13.2. The quantitative estimate of drug-likeness (QED) is 0.385. The highest BCUT2D eigenvalue weighted by Gasteiger charge is 2.21. The van der Waals surface area contributed by atoms with Gasteiger partial charge >= 0.3 is 0 Å². The van der Waals surface area contributed by atoms with E-state index in [1.54, 1.807) is 28.4 Å². The lowest BCUT2D eigenvalue weighted by Crippen LogP contribution is -2.12. The first-order chi connectivity index (χ1) is 14.9.